The van der Waals surface area contributed by atoms with Gasteiger partial charge in [-0.15, -0.1) is 0 Å². The number of hydrogen-bond acceptors (Lipinski definition) is 2. The van der Waals surface area contributed by atoms with Crippen LogP contribution in [0.1, 0.15) is 0 Å². The van der Waals surface area contributed by atoms with Crippen LogP contribution in [0.4, 0.5) is 13.2 Å². The van der Waals surface area contributed by atoms with Crippen molar-refractivity contribution in [1.82, 2.24) is 9.97 Å². The predicted molar refractivity (Wildman–Crippen MR) is 50.2 cm³/mol. The van der Waals surface area contributed by atoms with Gasteiger partial charge in [0, 0.05) is 0 Å². The Labute approximate surface area is 87.6 Å². The lowest BCUT2D eigenvalue weighted by Crippen LogP contribution is -2.12. The third-order valence-corrected chi connectivity index (χ3v) is 1.98. The van der Waals surface area contributed by atoms with Crippen molar-refractivity contribution < 1.29 is 13.2 Å². The first-order valence-corrected chi connectivity index (χ1v) is 4.29. The summed E-state index contributed by atoms with van der Waals surface area (Å²) in [6, 6.07) is 3.08. The molecule has 0 aliphatic heterocycles. The predicted octanol–water partition coefficient (Wildman–Crippen LogP) is 1.85. The van der Waals surface area contributed by atoms with Gasteiger partial charge in [0.1, 0.15) is 11.6 Å². The summed E-state index contributed by atoms with van der Waals surface area (Å²) < 4.78 is 39.8. The van der Waals surface area contributed by atoms with E-state index in [1.165, 1.54) is 0 Å². The molecule has 1 aromatic heterocycles. The maximum absolute atomic E-state index is 13.3. The van der Waals surface area contributed by atoms with Gasteiger partial charge >= 0.3 is 5.69 Å². The fourth-order valence-electron chi connectivity index (χ4n) is 1.30. The molecule has 0 fully saturated rings. The third kappa shape index (κ3) is 1.69. The Kier molecular flexibility index (Phi) is 2.47. The molecule has 0 radical (unpaired) electrons. The van der Waals surface area contributed by atoms with Crippen LogP contribution in [0.15, 0.2) is 29.2 Å². The van der Waals surface area contributed by atoms with Crippen LogP contribution in [0.25, 0.3) is 11.3 Å². The first kappa shape index (κ1) is 10.4. The fourth-order valence-corrected chi connectivity index (χ4v) is 1.30. The van der Waals surface area contributed by atoms with Crippen LogP contribution < -0.4 is 5.69 Å². The van der Waals surface area contributed by atoms with E-state index in [1.54, 1.807) is 0 Å². The highest BCUT2D eigenvalue weighted by molar-refractivity contribution is 5.60. The Morgan fingerprint density at radius 3 is 2.31 bits per heavy atom. The number of rotatable bonds is 1. The number of benzene rings is 1. The molecule has 1 N–H and O–H groups in total. The minimum atomic E-state index is -0.997. The van der Waals surface area contributed by atoms with Crippen LogP contribution in [0.3, 0.4) is 0 Å². The van der Waals surface area contributed by atoms with Gasteiger partial charge in [-0.1, -0.05) is 6.07 Å². The number of H-pyrrole nitrogens is 1. The van der Waals surface area contributed by atoms with Gasteiger partial charge < -0.3 is 4.98 Å². The van der Waals surface area contributed by atoms with E-state index in [1.807, 2.05) is 4.98 Å². The lowest BCUT2D eigenvalue weighted by Gasteiger charge is -2.04. The third-order valence-electron chi connectivity index (χ3n) is 1.98. The summed E-state index contributed by atoms with van der Waals surface area (Å²) >= 11 is 0. The second kappa shape index (κ2) is 3.80. The van der Waals surface area contributed by atoms with Crippen LogP contribution in [0.5, 0.6) is 0 Å². The zero-order valence-electron chi connectivity index (χ0n) is 7.80. The summed E-state index contributed by atoms with van der Waals surface area (Å²) in [4.78, 5) is 15.9. The molecule has 0 saturated carbocycles. The topological polar surface area (TPSA) is 45.8 Å². The Morgan fingerprint density at radius 1 is 1.06 bits per heavy atom. The van der Waals surface area contributed by atoms with Crippen LogP contribution in [0, 0.1) is 17.5 Å². The second-order valence-corrected chi connectivity index (χ2v) is 3.01. The van der Waals surface area contributed by atoms with Crippen molar-refractivity contribution in [3.05, 3.63) is 52.3 Å². The maximum Gasteiger partial charge on any atom is 0.345 e. The Bertz CT molecular complexity index is 575. The van der Waals surface area contributed by atoms with Crippen molar-refractivity contribution >= 4 is 0 Å². The van der Waals surface area contributed by atoms with Gasteiger partial charge in [0.05, 0.1) is 17.5 Å². The largest absolute Gasteiger partial charge is 0.345 e. The average molecular weight is 226 g/mol. The van der Waals surface area contributed by atoms with E-state index < -0.39 is 34.4 Å². The fraction of sp³-hybridized carbons (Fsp3) is 0. The van der Waals surface area contributed by atoms with Crippen molar-refractivity contribution in [2.45, 2.75) is 0 Å². The van der Waals surface area contributed by atoms with Crippen molar-refractivity contribution in [2.24, 2.45) is 0 Å². The number of aromatic nitrogens is 2. The summed E-state index contributed by atoms with van der Waals surface area (Å²) in [7, 11) is 0. The van der Waals surface area contributed by atoms with Crippen LogP contribution in [-0.4, -0.2) is 9.97 Å². The molecule has 0 atom stereocenters. The van der Waals surface area contributed by atoms with Gasteiger partial charge in [-0.25, -0.2) is 18.0 Å². The Morgan fingerprint density at radius 2 is 1.69 bits per heavy atom. The molecule has 0 aliphatic carbocycles. The summed E-state index contributed by atoms with van der Waals surface area (Å²) in [5.74, 6) is -2.91. The zero-order chi connectivity index (χ0) is 11.7. The van der Waals surface area contributed by atoms with E-state index in [0.717, 1.165) is 18.2 Å². The van der Waals surface area contributed by atoms with E-state index >= 15 is 0 Å². The highest BCUT2D eigenvalue weighted by atomic mass is 19.1. The summed E-state index contributed by atoms with van der Waals surface area (Å²) in [5.41, 5.74) is -2.03. The minimum Gasteiger partial charge on any atom is -0.303 e. The van der Waals surface area contributed by atoms with Crippen molar-refractivity contribution in [3.8, 4) is 11.3 Å². The van der Waals surface area contributed by atoms with Crippen molar-refractivity contribution in [1.29, 1.82) is 0 Å². The van der Waals surface area contributed by atoms with Gasteiger partial charge in [-0.2, -0.15) is 4.98 Å². The molecule has 0 aliphatic rings. The Hall–Kier alpha value is -2.11. The molecule has 0 unspecified atom stereocenters. The summed E-state index contributed by atoms with van der Waals surface area (Å²) in [5, 5.41) is 0. The highest BCUT2D eigenvalue weighted by Gasteiger charge is 2.15. The van der Waals surface area contributed by atoms with Crippen molar-refractivity contribution in [3.63, 3.8) is 0 Å². The molecule has 0 amide bonds. The molecule has 0 spiro atoms. The zero-order valence-corrected chi connectivity index (χ0v) is 7.80. The number of halogens is 3. The number of aromatic amines is 1. The lowest BCUT2D eigenvalue weighted by molar-refractivity contribution is 0.576. The van der Waals surface area contributed by atoms with E-state index in [4.69, 9.17) is 0 Å². The van der Waals surface area contributed by atoms with E-state index in [0.29, 0.717) is 6.20 Å². The average Bonchev–Trinajstić information content (AvgIpc) is 2.23. The minimum absolute atomic E-state index is 0.546. The number of nitrogens with zero attached hydrogens (tertiary/aromatic N) is 1. The van der Waals surface area contributed by atoms with Crippen molar-refractivity contribution in [2.75, 3.05) is 0 Å². The van der Waals surface area contributed by atoms with E-state index in [-0.39, 0.29) is 0 Å². The molecule has 3 nitrogen and oxygen atoms in total. The first-order valence-electron chi connectivity index (χ1n) is 4.29. The number of nitrogens with one attached hydrogen (secondary N) is 1. The van der Waals surface area contributed by atoms with Crippen LogP contribution >= 0.6 is 0 Å². The summed E-state index contributed by atoms with van der Waals surface area (Å²) in [6.07, 6.45) is 0.611. The highest BCUT2D eigenvalue weighted by Crippen LogP contribution is 2.24. The first-order chi connectivity index (χ1) is 7.59. The summed E-state index contributed by atoms with van der Waals surface area (Å²) in [6.45, 7) is 0. The molecular weight excluding hydrogens is 221 g/mol. The van der Waals surface area contributed by atoms with Gasteiger partial charge in [-0.05, 0) is 12.1 Å². The van der Waals surface area contributed by atoms with Gasteiger partial charge in [0.25, 0.3) is 0 Å². The van der Waals surface area contributed by atoms with E-state index in [2.05, 4.69) is 4.98 Å². The molecule has 2 aromatic rings. The molecule has 0 bridgehead atoms. The molecule has 16 heavy (non-hydrogen) atoms. The normalized spacial score (nSPS) is 10.4. The Balaban J connectivity index is 2.77. The molecule has 1 heterocycles. The second-order valence-electron chi connectivity index (χ2n) is 3.01. The molecular formula is C10H5F3N2O. The maximum atomic E-state index is 13.3. The smallest absolute Gasteiger partial charge is 0.303 e. The van der Waals surface area contributed by atoms with Crippen LogP contribution in [-0.2, 0) is 0 Å². The van der Waals surface area contributed by atoms with Gasteiger partial charge in [0.2, 0.25) is 0 Å². The molecule has 2 rings (SSSR count). The monoisotopic (exact) mass is 226 g/mol. The number of hydrogen-bond donors (Lipinski definition) is 1. The standard InChI is InChI=1S/C10H5F3N2O/c11-5-2-1-3-6(12)8(5)9-7(13)4-14-10(16)15-9/h1-4H,(H,14,15,16). The van der Waals surface area contributed by atoms with Gasteiger partial charge in [-0.3, -0.25) is 0 Å². The SMILES string of the molecule is O=c1ncc(F)c(-c2c(F)cccc2F)[nH]1. The van der Waals surface area contributed by atoms with Crippen LogP contribution in [0.2, 0.25) is 0 Å². The lowest BCUT2D eigenvalue weighted by atomic mass is 10.1. The molecule has 1 aromatic carbocycles. The molecule has 6 heteroatoms. The molecule has 0 saturated heterocycles. The van der Waals surface area contributed by atoms with Gasteiger partial charge in [0.15, 0.2) is 5.82 Å². The van der Waals surface area contributed by atoms with E-state index in [9.17, 15) is 18.0 Å². The molecule has 82 valence electrons. The quantitative estimate of drug-likeness (QED) is 0.806.